The molecule has 1 amide bonds. The summed E-state index contributed by atoms with van der Waals surface area (Å²) in [6.45, 7) is 2.62. The zero-order valence-electron chi connectivity index (χ0n) is 8.95. The Labute approximate surface area is 90.0 Å². The first kappa shape index (κ1) is 9.60. The number of rotatable bonds is 1. The second-order valence-electron chi connectivity index (χ2n) is 4.85. The van der Waals surface area contributed by atoms with Gasteiger partial charge in [-0.25, -0.2) is 0 Å². The third kappa shape index (κ3) is 1.76. The van der Waals surface area contributed by atoms with Crippen molar-refractivity contribution in [2.45, 2.75) is 43.9 Å². The molecule has 0 aromatic carbocycles. The normalized spacial score (nSPS) is 39.7. The number of hydrogen-bond acceptors (Lipinski definition) is 3. The highest BCUT2D eigenvalue weighted by atomic mass is 16.5. The lowest BCUT2D eigenvalue weighted by Gasteiger charge is -2.33. The summed E-state index contributed by atoms with van der Waals surface area (Å²) >= 11 is 0. The van der Waals surface area contributed by atoms with E-state index in [1.54, 1.807) is 0 Å². The van der Waals surface area contributed by atoms with Gasteiger partial charge in [-0.1, -0.05) is 0 Å². The van der Waals surface area contributed by atoms with Crippen LogP contribution in [0, 0.1) is 0 Å². The van der Waals surface area contributed by atoms with E-state index >= 15 is 0 Å². The van der Waals surface area contributed by atoms with Crippen molar-refractivity contribution in [1.29, 1.82) is 0 Å². The topological polar surface area (TPSA) is 41.6 Å². The minimum absolute atomic E-state index is 0.0856. The van der Waals surface area contributed by atoms with E-state index < -0.39 is 0 Å². The molecule has 0 aromatic rings. The molecular formula is C11H18N2O2. The van der Waals surface area contributed by atoms with Gasteiger partial charge in [-0.05, 0) is 32.2 Å². The number of hydrogen-bond donors (Lipinski definition) is 1. The van der Waals surface area contributed by atoms with Crippen molar-refractivity contribution in [2.75, 3.05) is 19.6 Å². The predicted molar refractivity (Wildman–Crippen MR) is 55.5 cm³/mol. The van der Waals surface area contributed by atoms with Gasteiger partial charge in [0.15, 0.2) is 0 Å². The van der Waals surface area contributed by atoms with E-state index in [0.29, 0.717) is 18.1 Å². The SMILES string of the molecule is O=C([C@@H]1CCCN1)N1CC2CCC(C1)O2. The molecule has 84 valence electrons. The molecule has 3 aliphatic heterocycles. The molecule has 4 nitrogen and oxygen atoms in total. The Morgan fingerprint density at radius 2 is 1.93 bits per heavy atom. The Morgan fingerprint density at radius 1 is 1.20 bits per heavy atom. The van der Waals surface area contributed by atoms with Crippen molar-refractivity contribution in [3.8, 4) is 0 Å². The summed E-state index contributed by atoms with van der Waals surface area (Å²) in [7, 11) is 0. The first-order valence-corrected chi connectivity index (χ1v) is 6.00. The van der Waals surface area contributed by atoms with Crippen molar-refractivity contribution >= 4 is 5.91 Å². The molecule has 0 radical (unpaired) electrons. The summed E-state index contributed by atoms with van der Waals surface area (Å²) < 4.78 is 5.73. The third-order valence-corrected chi connectivity index (χ3v) is 3.71. The van der Waals surface area contributed by atoms with Crippen LogP contribution < -0.4 is 5.32 Å². The highest BCUT2D eigenvalue weighted by Crippen LogP contribution is 2.27. The molecule has 3 aliphatic rings. The molecule has 1 N–H and O–H groups in total. The minimum atomic E-state index is 0.0856. The molecule has 3 fully saturated rings. The fraction of sp³-hybridized carbons (Fsp3) is 0.909. The highest BCUT2D eigenvalue weighted by molar-refractivity contribution is 5.82. The Bertz CT molecular complexity index is 251. The van der Waals surface area contributed by atoms with E-state index in [1.165, 1.54) is 0 Å². The molecule has 3 heterocycles. The fourth-order valence-corrected chi connectivity index (χ4v) is 2.91. The van der Waals surface area contributed by atoms with Gasteiger partial charge in [0.25, 0.3) is 0 Å². The number of carbonyl (C=O) groups is 1. The van der Waals surface area contributed by atoms with Crippen molar-refractivity contribution in [3.05, 3.63) is 0 Å². The van der Waals surface area contributed by atoms with Gasteiger partial charge in [0.2, 0.25) is 5.91 Å². The van der Waals surface area contributed by atoms with Gasteiger partial charge in [-0.3, -0.25) is 4.79 Å². The summed E-state index contributed by atoms with van der Waals surface area (Å²) in [6, 6.07) is 0.0856. The van der Waals surface area contributed by atoms with Crippen molar-refractivity contribution in [2.24, 2.45) is 0 Å². The van der Waals surface area contributed by atoms with E-state index in [1.807, 2.05) is 4.90 Å². The summed E-state index contributed by atoms with van der Waals surface area (Å²) in [4.78, 5) is 14.1. The number of carbonyl (C=O) groups excluding carboxylic acids is 1. The average Bonchev–Trinajstić information content (AvgIpc) is 2.87. The van der Waals surface area contributed by atoms with Crippen LogP contribution in [-0.4, -0.2) is 48.7 Å². The molecule has 4 heteroatoms. The minimum Gasteiger partial charge on any atom is -0.371 e. The standard InChI is InChI=1S/C11H18N2O2/c14-11(10-2-1-5-12-10)13-6-8-3-4-9(7-13)15-8/h8-10,12H,1-7H2/t8?,9?,10-/m0/s1. The van der Waals surface area contributed by atoms with Gasteiger partial charge >= 0.3 is 0 Å². The Morgan fingerprint density at radius 3 is 2.53 bits per heavy atom. The zero-order chi connectivity index (χ0) is 10.3. The smallest absolute Gasteiger partial charge is 0.239 e. The monoisotopic (exact) mass is 210 g/mol. The lowest BCUT2D eigenvalue weighted by molar-refractivity contribution is -0.141. The number of ether oxygens (including phenoxy) is 1. The maximum Gasteiger partial charge on any atom is 0.239 e. The molecule has 0 aliphatic carbocycles. The molecule has 3 rings (SSSR count). The predicted octanol–water partition coefficient (Wildman–Crippen LogP) is 0.128. The van der Waals surface area contributed by atoms with Gasteiger partial charge in [0.1, 0.15) is 0 Å². The summed E-state index contributed by atoms with van der Waals surface area (Å²) in [5, 5.41) is 3.27. The third-order valence-electron chi connectivity index (χ3n) is 3.71. The van der Waals surface area contributed by atoms with Gasteiger partial charge in [-0.2, -0.15) is 0 Å². The summed E-state index contributed by atoms with van der Waals surface area (Å²) in [5.41, 5.74) is 0. The lowest BCUT2D eigenvalue weighted by Crippen LogP contribution is -2.51. The van der Waals surface area contributed by atoms with Crippen LogP contribution in [0.15, 0.2) is 0 Å². The molecule has 3 atom stereocenters. The van der Waals surface area contributed by atoms with Crippen molar-refractivity contribution in [3.63, 3.8) is 0 Å². The van der Waals surface area contributed by atoms with Crippen LogP contribution >= 0.6 is 0 Å². The first-order valence-electron chi connectivity index (χ1n) is 6.00. The van der Waals surface area contributed by atoms with Gasteiger partial charge in [0, 0.05) is 13.1 Å². The Balaban J connectivity index is 1.64. The second kappa shape index (κ2) is 3.76. The molecule has 2 unspecified atom stereocenters. The van der Waals surface area contributed by atoms with Crippen LogP contribution in [0.2, 0.25) is 0 Å². The molecule has 15 heavy (non-hydrogen) atoms. The largest absolute Gasteiger partial charge is 0.371 e. The first-order chi connectivity index (χ1) is 7.33. The van der Waals surface area contributed by atoms with E-state index in [9.17, 15) is 4.79 Å². The van der Waals surface area contributed by atoms with Gasteiger partial charge in [-0.15, -0.1) is 0 Å². The highest BCUT2D eigenvalue weighted by Gasteiger charge is 2.38. The molecule has 0 saturated carbocycles. The Kier molecular flexibility index (Phi) is 2.41. The molecule has 2 bridgehead atoms. The van der Waals surface area contributed by atoms with Crippen LogP contribution in [0.1, 0.15) is 25.7 Å². The van der Waals surface area contributed by atoms with E-state index in [-0.39, 0.29) is 6.04 Å². The summed E-state index contributed by atoms with van der Waals surface area (Å²) in [6.07, 6.45) is 5.03. The van der Waals surface area contributed by atoms with Crippen molar-refractivity contribution in [1.82, 2.24) is 10.2 Å². The quantitative estimate of drug-likeness (QED) is 0.669. The average molecular weight is 210 g/mol. The summed E-state index contributed by atoms with van der Waals surface area (Å²) in [5.74, 6) is 0.299. The second-order valence-corrected chi connectivity index (χ2v) is 4.85. The van der Waals surface area contributed by atoms with Crippen LogP contribution in [0.5, 0.6) is 0 Å². The molecular weight excluding hydrogens is 192 g/mol. The fourth-order valence-electron chi connectivity index (χ4n) is 2.91. The molecule has 0 spiro atoms. The molecule has 0 aromatic heterocycles. The van der Waals surface area contributed by atoms with Gasteiger partial charge < -0.3 is 15.0 Å². The zero-order valence-corrected chi connectivity index (χ0v) is 8.95. The van der Waals surface area contributed by atoms with Crippen molar-refractivity contribution < 1.29 is 9.53 Å². The number of nitrogens with zero attached hydrogens (tertiary/aromatic N) is 1. The van der Waals surface area contributed by atoms with E-state index in [4.69, 9.17) is 4.74 Å². The molecule has 3 saturated heterocycles. The number of amides is 1. The number of likely N-dealkylation sites (tertiary alicyclic amines) is 1. The maximum absolute atomic E-state index is 12.1. The Hall–Kier alpha value is -0.610. The maximum atomic E-state index is 12.1. The van der Waals surface area contributed by atoms with Crippen LogP contribution in [0.3, 0.4) is 0 Å². The van der Waals surface area contributed by atoms with Crippen LogP contribution in [0.25, 0.3) is 0 Å². The number of morpholine rings is 1. The lowest BCUT2D eigenvalue weighted by atomic mass is 10.2. The van der Waals surface area contributed by atoms with Crippen LogP contribution in [-0.2, 0) is 9.53 Å². The van der Waals surface area contributed by atoms with Gasteiger partial charge in [0.05, 0.1) is 18.2 Å². The van der Waals surface area contributed by atoms with Crippen LogP contribution in [0.4, 0.5) is 0 Å². The van der Waals surface area contributed by atoms with E-state index in [2.05, 4.69) is 5.32 Å². The van der Waals surface area contributed by atoms with E-state index in [0.717, 1.165) is 45.3 Å². The number of nitrogens with one attached hydrogen (secondary N) is 1. The number of fused-ring (bicyclic) bond motifs is 2.